The van der Waals surface area contributed by atoms with Crippen molar-refractivity contribution in [2.75, 3.05) is 6.61 Å². The molecule has 21 heavy (non-hydrogen) atoms. The van der Waals surface area contributed by atoms with Crippen molar-refractivity contribution in [2.45, 2.75) is 26.7 Å². The fourth-order valence-electron chi connectivity index (χ4n) is 2.02. The van der Waals surface area contributed by atoms with Crippen molar-refractivity contribution in [3.8, 4) is 0 Å². The highest BCUT2D eigenvalue weighted by molar-refractivity contribution is 5.90. The van der Waals surface area contributed by atoms with Gasteiger partial charge in [0.1, 0.15) is 11.6 Å². The van der Waals surface area contributed by atoms with E-state index in [1.807, 2.05) is 13.0 Å². The Balaban J connectivity index is 2.24. The minimum atomic E-state index is -0.411. The zero-order chi connectivity index (χ0) is 15.2. The van der Waals surface area contributed by atoms with Crippen LogP contribution in [0.15, 0.2) is 30.5 Å². The van der Waals surface area contributed by atoms with Crippen molar-refractivity contribution < 1.29 is 13.9 Å². The van der Waals surface area contributed by atoms with Crippen molar-refractivity contribution in [1.82, 2.24) is 9.97 Å². The highest BCUT2D eigenvalue weighted by Gasteiger charge is 2.14. The molecule has 0 spiro atoms. The number of hydrogen-bond donors (Lipinski definition) is 0. The SMILES string of the molecule is CCOC(=O)c1cnc(Cc2cccc(F)c2)nc1CC. The Kier molecular flexibility index (Phi) is 4.98. The molecule has 1 aromatic carbocycles. The first-order chi connectivity index (χ1) is 10.1. The molecule has 0 aliphatic rings. The van der Waals surface area contributed by atoms with Crippen LogP contribution in [0.4, 0.5) is 4.39 Å². The van der Waals surface area contributed by atoms with Crippen LogP contribution in [0.5, 0.6) is 0 Å². The molecule has 1 aromatic heterocycles. The zero-order valence-corrected chi connectivity index (χ0v) is 12.1. The minimum absolute atomic E-state index is 0.286. The fourth-order valence-corrected chi connectivity index (χ4v) is 2.02. The first-order valence-electron chi connectivity index (χ1n) is 6.90. The van der Waals surface area contributed by atoms with Crippen molar-refractivity contribution in [2.24, 2.45) is 0 Å². The van der Waals surface area contributed by atoms with Gasteiger partial charge in [0.05, 0.1) is 17.9 Å². The van der Waals surface area contributed by atoms with Crippen LogP contribution < -0.4 is 0 Å². The van der Waals surface area contributed by atoms with E-state index < -0.39 is 5.97 Å². The molecule has 0 aliphatic carbocycles. The summed E-state index contributed by atoms with van der Waals surface area (Å²) < 4.78 is 18.1. The number of halogens is 1. The van der Waals surface area contributed by atoms with Crippen LogP contribution in [0.1, 0.15) is 41.3 Å². The minimum Gasteiger partial charge on any atom is -0.462 e. The molecule has 0 radical (unpaired) electrons. The Morgan fingerprint density at radius 3 is 2.81 bits per heavy atom. The predicted octanol–water partition coefficient (Wildman–Crippen LogP) is 2.95. The zero-order valence-electron chi connectivity index (χ0n) is 12.1. The van der Waals surface area contributed by atoms with E-state index in [-0.39, 0.29) is 5.82 Å². The van der Waals surface area contributed by atoms with Gasteiger partial charge in [0.2, 0.25) is 0 Å². The lowest BCUT2D eigenvalue weighted by Crippen LogP contribution is -2.12. The van der Waals surface area contributed by atoms with Crippen molar-refractivity contribution >= 4 is 5.97 Å². The molecule has 5 heteroatoms. The third-order valence-electron chi connectivity index (χ3n) is 3.00. The maximum Gasteiger partial charge on any atom is 0.341 e. The predicted molar refractivity (Wildman–Crippen MR) is 76.6 cm³/mol. The highest BCUT2D eigenvalue weighted by atomic mass is 19.1. The van der Waals surface area contributed by atoms with E-state index in [9.17, 15) is 9.18 Å². The second-order valence-corrected chi connectivity index (χ2v) is 4.53. The number of benzene rings is 1. The molecule has 0 saturated heterocycles. The van der Waals surface area contributed by atoms with Gasteiger partial charge in [0.25, 0.3) is 0 Å². The van der Waals surface area contributed by atoms with Gasteiger partial charge in [-0.25, -0.2) is 19.2 Å². The summed E-state index contributed by atoms with van der Waals surface area (Å²) in [6.45, 7) is 3.98. The van der Waals surface area contributed by atoms with E-state index >= 15 is 0 Å². The van der Waals surface area contributed by atoms with Gasteiger partial charge < -0.3 is 4.74 Å². The van der Waals surface area contributed by atoms with E-state index in [2.05, 4.69) is 9.97 Å². The average molecular weight is 288 g/mol. The molecular formula is C16H17FN2O2. The molecule has 4 nitrogen and oxygen atoms in total. The summed E-state index contributed by atoms with van der Waals surface area (Å²) in [4.78, 5) is 20.4. The first kappa shape index (κ1) is 15.1. The largest absolute Gasteiger partial charge is 0.462 e. The monoisotopic (exact) mass is 288 g/mol. The normalized spacial score (nSPS) is 10.4. The van der Waals surface area contributed by atoms with Crippen molar-refractivity contribution in [1.29, 1.82) is 0 Å². The van der Waals surface area contributed by atoms with Gasteiger partial charge in [-0.05, 0) is 31.0 Å². The molecule has 2 aromatic rings. The fraction of sp³-hybridized carbons (Fsp3) is 0.312. The lowest BCUT2D eigenvalue weighted by molar-refractivity contribution is 0.0524. The van der Waals surface area contributed by atoms with Gasteiger partial charge in [0, 0.05) is 12.6 Å². The molecule has 0 fully saturated rings. The number of aryl methyl sites for hydroxylation is 1. The first-order valence-corrected chi connectivity index (χ1v) is 6.90. The maximum atomic E-state index is 13.2. The molecule has 0 atom stereocenters. The van der Waals surface area contributed by atoms with E-state index in [1.54, 1.807) is 13.0 Å². The molecule has 0 unspecified atom stereocenters. The van der Waals surface area contributed by atoms with Crippen LogP contribution >= 0.6 is 0 Å². The number of esters is 1. The quantitative estimate of drug-likeness (QED) is 0.794. The topological polar surface area (TPSA) is 52.1 Å². The van der Waals surface area contributed by atoms with Gasteiger partial charge in [0.15, 0.2) is 0 Å². The Hall–Kier alpha value is -2.30. The van der Waals surface area contributed by atoms with Gasteiger partial charge >= 0.3 is 5.97 Å². The number of carbonyl (C=O) groups excluding carboxylic acids is 1. The van der Waals surface area contributed by atoms with Gasteiger partial charge in [-0.1, -0.05) is 19.1 Å². The Morgan fingerprint density at radius 2 is 2.14 bits per heavy atom. The molecule has 1 heterocycles. The van der Waals surface area contributed by atoms with Crippen LogP contribution in [0.2, 0.25) is 0 Å². The number of ether oxygens (including phenoxy) is 1. The summed E-state index contributed by atoms with van der Waals surface area (Å²) >= 11 is 0. The summed E-state index contributed by atoms with van der Waals surface area (Å²) in [6, 6.07) is 6.32. The molecule has 110 valence electrons. The number of carbonyl (C=O) groups is 1. The van der Waals surface area contributed by atoms with E-state index in [0.717, 1.165) is 5.56 Å². The summed E-state index contributed by atoms with van der Waals surface area (Å²) in [7, 11) is 0. The molecule has 0 bridgehead atoms. The number of nitrogens with zero attached hydrogens (tertiary/aromatic N) is 2. The van der Waals surface area contributed by atoms with Crippen LogP contribution in [-0.2, 0) is 17.6 Å². The van der Waals surface area contributed by atoms with Crippen LogP contribution in [0.25, 0.3) is 0 Å². The van der Waals surface area contributed by atoms with E-state index in [0.29, 0.717) is 36.5 Å². The Morgan fingerprint density at radius 1 is 1.33 bits per heavy atom. The average Bonchev–Trinajstić information content (AvgIpc) is 2.47. The third kappa shape index (κ3) is 3.84. The second-order valence-electron chi connectivity index (χ2n) is 4.53. The highest BCUT2D eigenvalue weighted by Crippen LogP contribution is 2.12. The lowest BCUT2D eigenvalue weighted by atomic mass is 10.1. The molecule has 2 rings (SSSR count). The molecule has 0 amide bonds. The lowest BCUT2D eigenvalue weighted by Gasteiger charge is -2.08. The van der Waals surface area contributed by atoms with Gasteiger partial charge in [-0.3, -0.25) is 0 Å². The van der Waals surface area contributed by atoms with Crippen LogP contribution in [0.3, 0.4) is 0 Å². The molecule has 0 N–H and O–H groups in total. The maximum absolute atomic E-state index is 13.2. The van der Waals surface area contributed by atoms with Crippen LogP contribution in [0, 0.1) is 5.82 Å². The smallest absolute Gasteiger partial charge is 0.341 e. The Bertz CT molecular complexity index is 644. The Labute approximate surface area is 123 Å². The summed E-state index contributed by atoms with van der Waals surface area (Å²) in [5, 5.41) is 0. The van der Waals surface area contributed by atoms with Crippen molar-refractivity contribution in [3.63, 3.8) is 0 Å². The molecule has 0 aliphatic heterocycles. The van der Waals surface area contributed by atoms with Crippen molar-refractivity contribution in [3.05, 3.63) is 58.9 Å². The number of hydrogen-bond acceptors (Lipinski definition) is 4. The van der Waals surface area contributed by atoms with Gasteiger partial charge in [-0.15, -0.1) is 0 Å². The summed E-state index contributed by atoms with van der Waals surface area (Å²) in [6.07, 6.45) is 2.51. The van der Waals surface area contributed by atoms with E-state index in [1.165, 1.54) is 18.3 Å². The summed E-state index contributed by atoms with van der Waals surface area (Å²) in [5.74, 6) is -0.136. The number of rotatable bonds is 5. The third-order valence-corrected chi connectivity index (χ3v) is 3.00. The molecule has 0 saturated carbocycles. The second kappa shape index (κ2) is 6.92. The van der Waals surface area contributed by atoms with Crippen LogP contribution in [-0.4, -0.2) is 22.5 Å². The van der Waals surface area contributed by atoms with Gasteiger partial charge in [-0.2, -0.15) is 0 Å². The number of aromatic nitrogens is 2. The van der Waals surface area contributed by atoms with E-state index in [4.69, 9.17) is 4.74 Å². The summed E-state index contributed by atoms with van der Waals surface area (Å²) in [5.41, 5.74) is 1.83. The standard InChI is InChI=1S/C16H17FN2O2/c1-3-14-13(16(20)21-4-2)10-18-15(19-14)9-11-6-5-7-12(17)8-11/h5-8,10H,3-4,9H2,1-2H3. The molecular weight excluding hydrogens is 271 g/mol.